The summed E-state index contributed by atoms with van der Waals surface area (Å²) in [5, 5.41) is 0. The third-order valence-corrected chi connectivity index (χ3v) is 1.09. The van der Waals surface area contributed by atoms with Crippen LogP contribution in [0.15, 0.2) is 0 Å². The molecule has 0 aliphatic heterocycles. The van der Waals surface area contributed by atoms with Crippen molar-refractivity contribution in [1.29, 1.82) is 0 Å². The molecule has 0 aliphatic rings. The molecule has 0 saturated carbocycles. The predicted molar refractivity (Wildman–Crippen MR) is 33.8 cm³/mol. The summed E-state index contributed by atoms with van der Waals surface area (Å²) in [5.41, 5.74) is 0. The number of carbonyl (C=O) groups is 2. The van der Waals surface area contributed by atoms with E-state index in [9.17, 15) is 9.59 Å². The van der Waals surface area contributed by atoms with Gasteiger partial charge in [-0.15, -0.1) is 0 Å². The first-order valence-corrected chi connectivity index (χ1v) is 3.18. The molecule has 0 amide bonds. The third-order valence-electron chi connectivity index (χ3n) is 0.695. The lowest BCUT2D eigenvalue weighted by molar-refractivity contribution is -0.110. The van der Waals surface area contributed by atoms with Crippen LogP contribution in [-0.4, -0.2) is 11.0 Å². The molecule has 0 radical (unpaired) electrons. The Hall–Kier alpha value is -0.180. The van der Waals surface area contributed by atoms with Gasteiger partial charge < -0.3 is 4.79 Å². The summed E-state index contributed by atoms with van der Waals surface area (Å²) in [7, 11) is 0. The van der Waals surface area contributed by atoms with Crippen molar-refractivity contribution in [3.63, 3.8) is 0 Å². The molecule has 0 fully saturated rings. The van der Waals surface area contributed by atoms with E-state index >= 15 is 0 Å². The molecule has 0 unspecified atom stereocenters. The SMILES string of the molecule is O=CCCCC(=O)Br. The Morgan fingerprint density at radius 3 is 2.62 bits per heavy atom. The maximum atomic E-state index is 10.1. The summed E-state index contributed by atoms with van der Waals surface area (Å²) < 4.78 is -0.0284. The number of aldehydes is 1. The highest BCUT2D eigenvalue weighted by atomic mass is 79.9. The second kappa shape index (κ2) is 4.97. The summed E-state index contributed by atoms with van der Waals surface area (Å²) in [4.78, 5) is 19.8. The van der Waals surface area contributed by atoms with Gasteiger partial charge >= 0.3 is 0 Å². The molecule has 46 valence electrons. The van der Waals surface area contributed by atoms with E-state index in [0.717, 1.165) is 6.29 Å². The molecule has 0 atom stereocenters. The fourth-order valence-electron chi connectivity index (χ4n) is 0.324. The molecule has 0 rings (SSSR count). The van der Waals surface area contributed by atoms with Gasteiger partial charge in [0, 0.05) is 12.8 Å². The van der Waals surface area contributed by atoms with E-state index in [1.165, 1.54) is 0 Å². The molecule has 0 aromatic heterocycles. The molecule has 3 heteroatoms. The van der Waals surface area contributed by atoms with Crippen LogP contribution in [0.4, 0.5) is 0 Å². The molecular weight excluding hydrogens is 172 g/mol. The Morgan fingerprint density at radius 2 is 2.25 bits per heavy atom. The number of halogens is 1. The molecule has 0 N–H and O–H groups in total. The number of unbranched alkanes of at least 4 members (excludes halogenated alkanes) is 1. The zero-order chi connectivity index (χ0) is 6.41. The van der Waals surface area contributed by atoms with Crippen molar-refractivity contribution in [2.45, 2.75) is 19.3 Å². The first-order chi connectivity index (χ1) is 3.77. The molecule has 0 bridgehead atoms. The van der Waals surface area contributed by atoms with Crippen LogP contribution < -0.4 is 0 Å². The number of hydrogen-bond donors (Lipinski definition) is 0. The Balaban J connectivity index is 2.93. The van der Waals surface area contributed by atoms with Gasteiger partial charge in [0.25, 0.3) is 0 Å². The molecule has 2 nitrogen and oxygen atoms in total. The predicted octanol–water partition coefficient (Wildman–Crippen LogP) is 1.28. The lowest BCUT2D eigenvalue weighted by Gasteiger charge is -1.84. The van der Waals surface area contributed by atoms with Crippen molar-refractivity contribution in [2.24, 2.45) is 0 Å². The fourth-order valence-corrected chi connectivity index (χ4v) is 0.605. The van der Waals surface area contributed by atoms with Crippen molar-refractivity contribution in [3.05, 3.63) is 0 Å². The molecule has 0 saturated heterocycles. The largest absolute Gasteiger partial charge is 0.303 e. The summed E-state index contributed by atoms with van der Waals surface area (Å²) in [6, 6.07) is 0. The molecule has 8 heavy (non-hydrogen) atoms. The van der Waals surface area contributed by atoms with Crippen LogP contribution in [0.1, 0.15) is 19.3 Å². The summed E-state index contributed by atoms with van der Waals surface area (Å²) >= 11 is 2.75. The van der Waals surface area contributed by atoms with E-state index in [0.29, 0.717) is 19.3 Å². The number of rotatable bonds is 4. The quantitative estimate of drug-likeness (QED) is 0.370. The molecule has 0 aromatic carbocycles. The van der Waals surface area contributed by atoms with Gasteiger partial charge in [-0.25, -0.2) is 0 Å². The van der Waals surface area contributed by atoms with E-state index < -0.39 is 0 Å². The minimum atomic E-state index is -0.0284. The van der Waals surface area contributed by atoms with Crippen molar-refractivity contribution < 1.29 is 9.59 Å². The Morgan fingerprint density at radius 1 is 1.62 bits per heavy atom. The van der Waals surface area contributed by atoms with Crippen LogP contribution >= 0.6 is 15.9 Å². The van der Waals surface area contributed by atoms with Gasteiger partial charge in [0.1, 0.15) is 6.29 Å². The molecule has 0 heterocycles. The van der Waals surface area contributed by atoms with Crippen molar-refractivity contribution in [3.8, 4) is 0 Å². The topological polar surface area (TPSA) is 34.1 Å². The third kappa shape index (κ3) is 5.82. The van der Waals surface area contributed by atoms with Crippen LogP contribution in [0, 0.1) is 0 Å². The van der Waals surface area contributed by atoms with Crippen molar-refractivity contribution >= 4 is 26.9 Å². The second-order valence-corrected chi connectivity index (χ2v) is 2.30. The normalized spacial score (nSPS) is 8.62. The first kappa shape index (κ1) is 7.82. The first-order valence-electron chi connectivity index (χ1n) is 2.39. The number of carbonyl (C=O) groups excluding carboxylic acids is 2. The zero-order valence-corrected chi connectivity index (χ0v) is 5.98. The van der Waals surface area contributed by atoms with Gasteiger partial charge in [-0.3, -0.25) is 4.79 Å². The van der Waals surface area contributed by atoms with E-state index in [1.807, 2.05) is 0 Å². The summed E-state index contributed by atoms with van der Waals surface area (Å²) in [6.07, 6.45) is 2.42. The average molecular weight is 179 g/mol. The van der Waals surface area contributed by atoms with Crippen LogP contribution in [-0.2, 0) is 9.59 Å². The Kier molecular flexibility index (Phi) is 4.85. The van der Waals surface area contributed by atoms with E-state index in [-0.39, 0.29) is 4.69 Å². The van der Waals surface area contributed by atoms with Crippen molar-refractivity contribution in [2.75, 3.05) is 0 Å². The van der Waals surface area contributed by atoms with Crippen LogP contribution in [0.25, 0.3) is 0 Å². The van der Waals surface area contributed by atoms with E-state index in [1.54, 1.807) is 0 Å². The van der Waals surface area contributed by atoms with Crippen LogP contribution in [0.5, 0.6) is 0 Å². The van der Waals surface area contributed by atoms with Gasteiger partial charge in [-0.05, 0) is 22.4 Å². The lowest BCUT2D eigenvalue weighted by Crippen LogP contribution is -1.84. The molecule has 0 aromatic rings. The zero-order valence-electron chi connectivity index (χ0n) is 4.39. The lowest BCUT2D eigenvalue weighted by atomic mass is 10.3. The van der Waals surface area contributed by atoms with Gasteiger partial charge in [-0.2, -0.15) is 0 Å². The maximum Gasteiger partial charge on any atom is 0.197 e. The van der Waals surface area contributed by atoms with Gasteiger partial charge in [0.05, 0.1) is 0 Å². The summed E-state index contributed by atoms with van der Waals surface area (Å²) in [5.74, 6) is 0. The van der Waals surface area contributed by atoms with Crippen LogP contribution in [0.2, 0.25) is 0 Å². The van der Waals surface area contributed by atoms with Crippen molar-refractivity contribution in [1.82, 2.24) is 0 Å². The average Bonchev–Trinajstić information content (AvgIpc) is 1.66. The monoisotopic (exact) mass is 178 g/mol. The Bertz CT molecular complexity index is 90.4. The highest BCUT2D eigenvalue weighted by Crippen LogP contribution is 1.97. The molecule has 0 aliphatic carbocycles. The van der Waals surface area contributed by atoms with E-state index in [2.05, 4.69) is 15.9 Å². The minimum absolute atomic E-state index is 0.0284. The molecular formula is C5H7BrO2. The standard InChI is InChI=1S/C5H7BrO2/c6-5(8)3-1-2-4-7/h4H,1-3H2. The highest BCUT2D eigenvalue weighted by molar-refractivity contribution is 9.18. The minimum Gasteiger partial charge on any atom is -0.303 e. The van der Waals surface area contributed by atoms with Gasteiger partial charge in [-0.1, -0.05) is 0 Å². The second-order valence-electron chi connectivity index (χ2n) is 1.41. The maximum absolute atomic E-state index is 10.1. The number of hydrogen-bond acceptors (Lipinski definition) is 2. The summed E-state index contributed by atoms with van der Waals surface area (Å²) in [6.45, 7) is 0. The van der Waals surface area contributed by atoms with Gasteiger partial charge in [0.2, 0.25) is 0 Å². The Labute approximate surface area is 56.4 Å². The van der Waals surface area contributed by atoms with Gasteiger partial charge in [0.15, 0.2) is 4.69 Å². The fraction of sp³-hybridized carbons (Fsp3) is 0.600. The molecule has 0 spiro atoms. The highest BCUT2D eigenvalue weighted by Gasteiger charge is 1.92. The van der Waals surface area contributed by atoms with Crippen LogP contribution in [0.3, 0.4) is 0 Å². The van der Waals surface area contributed by atoms with E-state index in [4.69, 9.17) is 0 Å². The smallest absolute Gasteiger partial charge is 0.197 e.